The van der Waals surface area contributed by atoms with Gasteiger partial charge in [0.1, 0.15) is 23.2 Å². The van der Waals surface area contributed by atoms with Crippen LogP contribution >= 0.6 is 0 Å². The lowest BCUT2D eigenvalue weighted by molar-refractivity contribution is -0.121. The van der Waals surface area contributed by atoms with Crippen LogP contribution in [0.4, 0.5) is 10.6 Å². The second-order valence-corrected chi connectivity index (χ2v) is 9.92. The number of nitrogens with zero attached hydrogens (tertiary/aromatic N) is 7. The highest BCUT2D eigenvalue weighted by Gasteiger charge is 2.33. The monoisotopic (exact) mass is 500 g/mol. The Kier molecular flexibility index (Phi) is 6.28. The molecule has 1 aliphatic rings. The van der Waals surface area contributed by atoms with Crippen molar-refractivity contribution in [2.24, 2.45) is 0 Å². The van der Waals surface area contributed by atoms with Gasteiger partial charge in [-0.1, -0.05) is 6.07 Å². The van der Waals surface area contributed by atoms with Gasteiger partial charge in [-0.05, 0) is 58.7 Å². The van der Waals surface area contributed by atoms with Crippen LogP contribution in [-0.4, -0.2) is 59.9 Å². The molecular formula is C26H28N8O3. The Balaban J connectivity index is 1.42. The van der Waals surface area contributed by atoms with E-state index in [2.05, 4.69) is 25.4 Å². The summed E-state index contributed by atoms with van der Waals surface area (Å²) in [5.41, 5.74) is 2.29. The van der Waals surface area contributed by atoms with Gasteiger partial charge in [0.05, 0.1) is 29.3 Å². The summed E-state index contributed by atoms with van der Waals surface area (Å²) in [6.45, 7) is 7.72. The topological polar surface area (TPSA) is 128 Å². The average Bonchev–Trinajstić information content (AvgIpc) is 3.28. The first kappa shape index (κ1) is 24.3. The number of carbonyl (C=O) groups is 2. The maximum atomic E-state index is 13.2. The predicted molar refractivity (Wildman–Crippen MR) is 137 cm³/mol. The fraction of sp³-hybridized carbons (Fsp3) is 0.346. The van der Waals surface area contributed by atoms with Gasteiger partial charge in [0.25, 0.3) is 5.91 Å². The normalized spacial score (nSPS) is 16.2. The fourth-order valence-corrected chi connectivity index (χ4v) is 4.20. The molecule has 2 amide bonds. The van der Waals surface area contributed by atoms with Crippen molar-refractivity contribution in [1.29, 1.82) is 0 Å². The molecule has 11 nitrogen and oxygen atoms in total. The molecule has 5 rings (SSSR count). The molecule has 4 aromatic heterocycles. The van der Waals surface area contributed by atoms with Crippen LogP contribution in [-0.2, 0) is 9.53 Å². The minimum absolute atomic E-state index is 0.225. The molecule has 190 valence electrons. The molecule has 37 heavy (non-hydrogen) atoms. The second-order valence-electron chi connectivity index (χ2n) is 9.92. The molecule has 0 aliphatic carbocycles. The average molecular weight is 501 g/mol. The van der Waals surface area contributed by atoms with Crippen LogP contribution in [0.25, 0.3) is 28.1 Å². The van der Waals surface area contributed by atoms with E-state index in [1.54, 1.807) is 61.2 Å². The number of alkyl carbamates (subject to hydrolysis) is 1. The van der Waals surface area contributed by atoms with Gasteiger partial charge < -0.3 is 10.1 Å². The van der Waals surface area contributed by atoms with E-state index in [4.69, 9.17) is 9.72 Å². The van der Waals surface area contributed by atoms with Gasteiger partial charge in [-0.3, -0.25) is 19.7 Å². The van der Waals surface area contributed by atoms with Gasteiger partial charge in [0, 0.05) is 24.3 Å². The molecule has 0 bridgehead atoms. The number of anilines is 1. The van der Waals surface area contributed by atoms with E-state index in [0.717, 1.165) is 23.0 Å². The molecule has 1 N–H and O–H groups in total. The number of amides is 2. The van der Waals surface area contributed by atoms with Crippen LogP contribution in [0, 0.1) is 6.92 Å². The highest BCUT2D eigenvalue weighted by molar-refractivity contribution is 5.98. The Morgan fingerprint density at radius 1 is 1.08 bits per heavy atom. The van der Waals surface area contributed by atoms with Crippen molar-refractivity contribution in [2.45, 2.75) is 52.2 Å². The van der Waals surface area contributed by atoms with Crippen LogP contribution in [0.3, 0.4) is 0 Å². The minimum Gasteiger partial charge on any atom is -0.444 e. The summed E-state index contributed by atoms with van der Waals surface area (Å²) in [6.07, 6.45) is 7.46. The molecule has 5 heterocycles. The van der Waals surface area contributed by atoms with E-state index in [1.165, 1.54) is 0 Å². The Morgan fingerprint density at radius 2 is 1.89 bits per heavy atom. The number of fused-ring (bicyclic) bond motifs is 1. The molecule has 1 atom stereocenters. The first-order valence-corrected chi connectivity index (χ1v) is 12.1. The van der Waals surface area contributed by atoms with Crippen molar-refractivity contribution in [3.05, 3.63) is 54.7 Å². The van der Waals surface area contributed by atoms with Crippen molar-refractivity contribution >= 4 is 28.7 Å². The van der Waals surface area contributed by atoms with Crippen molar-refractivity contribution < 1.29 is 14.3 Å². The highest BCUT2D eigenvalue weighted by atomic mass is 16.6. The Morgan fingerprint density at radius 3 is 2.68 bits per heavy atom. The van der Waals surface area contributed by atoms with Crippen LogP contribution in [0.1, 0.15) is 39.3 Å². The number of carbonyl (C=O) groups excluding carboxylic acids is 2. The maximum absolute atomic E-state index is 13.2. The van der Waals surface area contributed by atoms with Gasteiger partial charge in [-0.15, -0.1) is 0 Å². The summed E-state index contributed by atoms with van der Waals surface area (Å²) in [7, 11) is 0. The third-order valence-electron chi connectivity index (χ3n) is 5.81. The van der Waals surface area contributed by atoms with E-state index >= 15 is 0 Å². The molecule has 1 saturated heterocycles. The summed E-state index contributed by atoms with van der Waals surface area (Å²) < 4.78 is 7.03. The molecule has 0 aromatic carbocycles. The highest BCUT2D eigenvalue weighted by Crippen LogP contribution is 2.25. The number of hydrogen-bond donors (Lipinski definition) is 1. The molecular weight excluding hydrogens is 472 g/mol. The number of hydrogen-bond acceptors (Lipinski definition) is 8. The number of aryl methyl sites for hydroxylation is 1. The maximum Gasteiger partial charge on any atom is 0.408 e. The smallest absolute Gasteiger partial charge is 0.408 e. The summed E-state index contributed by atoms with van der Waals surface area (Å²) in [5.74, 6) is 0.812. The Bertz CT molecular complexity index is 1480. The van der Waals surface area contributed by atoms with Crippen LogP contribution in [0.2, 0.25) is 0 Å². The number of pyridine rings is 2. The van der Waals surface area contributed by atoms with E-state index in [-0.39, 0.29) is 5.91 Å². The largest absolute Gasteiger partial charge is 0.444 e. The van der Waals surface area contributed by atoms with Crippen molar-refractivity contribution in [1.82, 2.24) is 35.0 Å². The molecule has 0 unspecified atom stereocenters. The number of aromatic nitrogens is 6. The number of piperidine rings is 1. The van der Waals surface area contributed by atoms with E-state index < -0.39 is 17.7 Å². The zero-order valence-corrected chi connectivity index (χ0v) is 21.2. The summed E-state index contributed by atoms with van der Waals surface area (Å²) in [5, 5.41) is 8.05. The third kappa shape index (κ3) is 5.25. The first-order chi connectivity index (χ1) is 17.7. The number of rotatable bonds is 4. The molecule has 1 fully saturated rings. The van der Waals surface area contributed by atoms with Gasteiger partial charge in [0.15, 0.2) is 5.82 Å². The summed E-state index contributed by atoms with van der Waals surface area (Å²) in [4.78, 5) is 45.1. The van der Waals surface area contributed by atoms with Crippen LogP contribution in [0.5, 0.6) is 0 Å². The lowest BCUT2D eigenvalue weighted by Crippen LogP contribution is -2.53. The van der Waals surface area contributed by atoms with Gasteiger partial charge in [-0.25, -0.2) is 19.4 Å². The van der Waals surface area contributed by atoms with E-state index in [1.807, 2.05) is 25.1 Å². The molecule has 0 radical (unpaired) electrons. The van der Waals surface area contributed by atoms with Gasteiger partial charge >= 0.3 is 6.09 Å². The summed E-state index contributed by atoms with van der Waals surface area (Å²) in [6, 6.07) is 6.65. The molecule has 11 heteroatoms. The SMILES string of the molecule is Cc1cncc(-c2cc3c(cn2)cnn3-c2cccc(N3CCC[C@H](NC(=O)OC(C)(C)C)C3=O)n2)n1. The van der Waals surface area contributed by atoms with Gasteiger partial charge in [0.2, 0.25) is 0 Å². The van der Waals surface area contributed by atoms with Gasteiger partial charge in [-0.2, -0.15) is 5.10 Å². The van der Waals surface area contributed by atoms with E-state index in [9.17, 15) is 9.59 Å². The second kappa shape index (κ2) is 9.57. The zero-order valence-electron chi connectivity index (χ0n) is 21.2. The zero-order chi connectivity index (χ0) is 26.2. The molecule has 4 aromatic rings. The Labute approximate surface area is 213 Å². The van der Waals surface area contributed by atoms with Crippen molar-refractivity contribution in [3.63, 3.8) is 0 Å². The van der Waals surface area contributed by atoms with E-state index in [0.29, 0.717) is 36.0 Å². The fourth-order valence-electron chi connectivity index (χ4n) is 4.20. The Hall–Kier alpha value is -4.41. The minimum atomic E-state index is -0.677. The first-order valence-electron chi connectivity index (χ1n) is 12.1. The lowest BCUT2D eigenvalue weighted by Gasteiger charge is -2.32. The molecule has 0 spiro atoms. The number of ether oxygens (including phenoxy) is 1. The van der Waals surface area contributed by atoms with Crippen LogP contribution in [0.15, 0.2) is 49.1 Å². The third-order valence-corrected chi connectivity index (χ3v) is 5.81. The molecule has 1 aliphatic heterocycles. The van der Waals surface area contributed by atoms with Crippen molar-refractivity contribution in [2.75, 3.05) is 11.4 Å². The van der Waals surface area contributed by atoms with Crippen LogP contribution < -0.4 is 10.2 Å². The lowest BCUT2D eigenvalue weighted by atomic mass is 10.0. The van der Waals surface area contributed by atoms with Crippen molar-refractivity contribution in [3.8, 4) is 17.2 Å². The molecule has 0 saturated carbocycles. The standard InChI is InChI=1S/C26H28N8O3/c1-16-12-27-15-20(30-16)19-11-21-17(13-28-19)14-29-34(21)23-9-5-8-22(32-23)33-10-6-7-18(24(33)35)31-25(36)37-26(2,3)4/h5,8-9,11-15,18H,6-7,10H2,1-4H3,(H,31,36)/t18-/m0/s1. The summed E-state index contributed by atoms with van der Waals surface area (Å²) >= 11 is 0. The predicted octanol–water partition coefficient (Wildman–Crippen LogP) is 3.60. The quantitative estimate of drug-likeness (QED) is 0.450. The number of nitrogens with one attached hydrogen (secondary N) is 1.